The second kappa shape index (κ2) is 5.29. The van der Waals surface area contributed by atoms with Gasteiger partial charge in [-0.3, -0.25) is 4.79 Å². The molecule has 0 unspecified atom stereocenters. The Morgan fingerprint density at radius 3 is 2.87 bits per heavy atom. The van der Waals surface area contributed by atoms with E-state index in [2.05, 4.69) is 5.32 Å². The average molecular weight is 215 g/mol. The van der Waals surface area contributed by atoms with Gasteiger partial charge >= 0.3 is 0 Å². The normalized spacial score (nSPS) is 10.1. The number of amides is 1. The molecular formula is C10H11F2NO2. The van der Waals surface area contributed by atoms with Gasteiger partial charge in [0.15, 0.2) is 0 Å². The summed E-state index contributed by atoms with van der Waals surface area (Å²) in [6, 6.07) is 4.91. The maximum atomic E-state index is 11.9. The molecule has 1 aromatic rings. The van der Waals surface area contributed by atoms with Crippen LogP contribution in [0.3, 0.4) is 0 Å². The highest BCUT2D eigenvalue weighted by Crippen LogP contribution is 2.25. The highest BCUT2D eigenvalue weighted by Gasteiger charge is 2.07. The topological polar surface area (TPSA) is 38.3 Å². The van der Waals surface area contributed by atoms with Crippen molar-refractivity contribution < 1.29 is 18.3 Å². The van der Waals surface area contributed by atoms with E-state index in [0.29, 0.717) is 12.1 Å². The van der Waals surface area contributed by atoms with Crippen molar-refractivity contribution in [2.75, 3.05) is 11.9 Å². The van der Waals surface area contributed by atoms with E-state index in [1.165, 1.54) is 0 Å². The third kappa shape index (κ3) is 3.53. The molecule has 0 aromatic heterocycles. The number of rotatable bonds is 5. The molecular weight excluding hydrogens is 204 g/mol. The summed E-state index contributed by atoms with van der Waals surface area (Å²) < 4.78 is 28.6. The Balaban J connectivity index is 2.80. The average Bonchev–Trinajstić information content (AvgIpc) is 2.17. The van der Waals surface area contributed by atoms with Crippen LogP contribution in [0.5, 0.6) is 5.75 Å². The van der Waals surface area contributed by atoms with E-state index in [0.717, 1.165) is 5.56 Å². The standard InChI is InChI=1S/C10H11F2NO2/c1-7-2-3-9(15-5-10(11)12)8(4-7)13-6-14/h2-4,6,10H,5H2,1H3,(H,13,14). The van der Waals surface area contributed by atoms with Crippen LogP contribution in [-0.2, 0) is 4.79 Å². The molecule has 0 aliphatic carbocycles. The van der Waals surface area contributed by atoms with E-state index in [-0.39, 0.29) is 5.75 Å². The summed E-state index contributed by atoms with van der Waals surface area (Å²) in [6.45, 7) is 1.14. The molecule has 0 saturated heterocycles. The summed E-state index contributed by atoms with van der Waals surface area (Å²) in [5.41, 5.74) is 1.30. The van der Waals surface area contributed by atoms with Crippen molar-refractivity contribution in [2.45, 2.75) is 13.3 Å². The van der Waals surface area contributed by atoms with E-state index in [9.17, 15) is 13.6 Å². The Morgan fingerprint density at radius 1 is 1.53 bits per heavy atom. The molecule has 0 atom stereocenters. The van der Waals surface area contributed by atoms with Crippen molar-refractivity contribution in [1.82, 2.24) is 0 Å². The number of hydrogen-bond donors (Lipinski definition) is 1. The van der Waals surface area contributed by atoms with Gasteiger partial charge in [-0.2, -0.15) is 0 Å². The maximum Gasteiger partial charge on any atom is 0.272 e. The van der Waals surface area contributed by atoms with Crippen molar-refractivity contribution in [1.29, 1.82) is 0 Å². The number of benzene rings is 1. The molecule has 3 nitrogen and oxygen atoms in total. The van der Waals surface area contributed by atoms with Crippen molar-refractivity contribution in [2.24, 2.45) is 0 Å². The number of nitrogens with one attached hydrogen (secondary N) is 1. The van der Waals surface area contributed by atoms with Crippen LogP contribution in [-0.4, -0.2) is 19.4 Å². The molecule has 0 heterocycles. The highest BCUT2D eigenvalue weighted by atomic mass is 19.3. The SMILES string of the molecule is Cc1ccc(OCC(F)F)c(NC=O)c1. The van der Waals surface area contributed by atoms with Gasteiger partial charge in [0.25, 0.3) is 6.43 Å². The predicted octanol–water partition coefficient (Wildman–Crippen LogP) is 2.21. The molecule has 0 aliphatic rings. The molecule has 0 bridgehead atoms. The van der Waals surface area contributed by atoms with Gasteiger partial charge in [0.05, 0.1) is 5.69 Å². The summed E-state index contributed by atoms with van der Waals surface area (Å²) in [4.78, 5) is 10.3. The van der Waals surface area contributed by atoms with E-state index >= 15 is 0 Å². The van der Waals surface area contributed by atoms with Crippen LogP contribution in [0.15, 0.2) is 18.2 Å². The van der Waals surface area contributed by atoms with Gasteiger partial charge in [0.2, 0.25) is 6.41 Å². The van der Waals surface area contributed by atoms with Gasteiger partial charge in [-0.1, -0.05) is 6.07 Å². The maximum absolute atomic E-state index is 11.9. The fraction of sp³-hybridized carbons (Fsp3) is 0.300. The van der Waals surface area contributed by atoms with Crippen LogP contribution in [0.25, 0.3) is 0 Å². The number of alkyl halides is 2. The minimum atomic E-state index is -2.53. The fourth-order valence-electron chi connectivity index (χ4n) is 1.10. The van der Waals surface area contributed by atoms with Crippen LogP contribution in [0.4, 0.5) is 14.5 Å². The van der Waals surface area contributed by atoms with Crippen LogP contribution < -0.4 is 10.1 Å². The van der Waals surface area contributed by atoms with Crippen LogP contribution in [0.1, 0.15) is 5.56 Å². The number of anilines is 1. The third-order valence-electron chi connectivity index (χ3n) is 1.71. The van der Waals surface area contributed by atoms with Gasteiger partial charge in [-0.15, -0.1) is 0 Å². The van der Waals surface area contributed by atoms with Crippen molar-refractivity contribution in [3.05, 3.63) is 23.8 Å². The monoisotopic (exact) mass is 215 g/mol. The molecule has 0 radical (unpaired) electrons. The highest BCUT2D eigenvalue weighted by molar-refractivity contribution is 5.75. The molecule has 1 rings (SSSR count). The lowest BCUT2D eigenvalue weighted by molar-refractivity contribution is -0.105. The smallest absolute Gasteiger partial charge is 0.272 e. The summed E-state index contributed by atoms with van der Waals surface area (Å²) in [6.07, 6.45) is -2.06. The van der Waals surface area contributed by atoms with Gasteiger partial charge in [-0.25, -0.2) is 8.78 Å². The Hall–Kier alpha value is -1.65. The van der Waals surface area contributed by atoms with E-state index in [4.69, 9.17) is 4.74 Å². The van der Waals surface area contributed by atoms with Gasteiger partial charge in [-0.05, 0) is 24.6 Å². The number of halogens is 2. The predicted molar refractivity (Wildman–Crippen MR) is 52.4 cm³/mol. The zero-order valence-electron chi connectivity index (χ0n) is 8.17. The first kappa shape index (κ1) is 11.4. The summed E-state index contributed by atoms with van der Waals surface area (Å²) in [5, 5.41) is 2.39. The second-order valence-electron chi connectivity index (χ2n) is 2.96. The summed E-state index contributed by atoms with van der Waals surface area (Å²) in [5.74, 6) is 0.244. The lowest BCUT2D eigenvalue weighted by atomic mass is 10.2. The third-order valence-corrected chi connectivity index (χ3v) is 1.71. The molecule has 15 heavy (non-hydrogen) atoms. The summed E-state index contributed by atoms with van der Waals surface area (Å²) >= 11 is 0. The van der Waals surface area contributed by atoms with E-state index in [1.54, 1.807) is 18.2 Å². The second-order valence-corrected chi connectivity index (χ2v) is 2.96. The zero-order chi connectivity index (χ0) is 11.3. The molecule has 0 spiro atoms. The molecule has 0 aliphatic heterocycles. The molecule has 82 valence electrons. The van der Waals surface area contributed by atoms with Crippen LogP contribution >= 0.6 is 0 Å². The Morgan fingerprint density at radius 2 is 2.27 bits per heavy atom. The van der Waals surface area contributed by atoms with Crippen molar-refractivity contribution in [3.8, 4) is 5.75 Å². The Bertz CT molecular complexity index is 342. The number of carbonyl (C=O) groups excluding carboxylic acids is 1. The van der Waals surface area contributed by atoms with Crippen LogP contribution in [0.2, 0.25) is 0 Å². The molecule has 0 fully saturated rings. The summed E-state index contributed by atoms with van der Waals surface area (Å²) in [7, 11) is 0. The molecule has 0 saturated carbocycles. The lowest BCUT2D eigenvalue weighted by Crippen LogP contribution is -2.08. The van der Waals surface area contributed by atoms with Gasteiger partial charge in [0, 0.05) is 0 Å². The minimum absolute atomic E-state index is 0.244. The van der Waals surface area contributed by atoms with Crippen molar-refractivity contribution >= 4 is 12.1 Å². The number of aryl methyl sites for hydroxylation is 1. The molecule has 1 aromatic carbocycles. The first-order valence-corrected chi connectivity index (χ1v) is 4.35. The first-order valence-electron chi connectivity index (χ1n) is 4.35. The van der Waals surface area contributed by atoms with Crippen molar-refractivity contribution in [3.63, 3.8) is 0 Å². The Kier molecular flexibility index (Phi) is 4.03. The molecule has 1 amide bonds. The van der Waals surface area contributed by atoms with Crippen LogP contribution in [0, 0.1) is 6.92 Å². The molecule has 1 N–H and O–H groups in total. The quantitative estimate of drug-likeness (QED) is 0.765. The van der Waals surface area contributed by atoms with Gasteiger partial charge < -0.3 is 10.1 Å². The largest absolute Gasteiger partial charge is 0.485 e. The number of hydrogen-bond acceptors (Lipinski definition) is 2. The number of ether oxygens (including phenoxy) is 1. The minimum Gasteiger partial charge on any atom is -0.485 e. The zero-order valence-corrected chi connectivity index (χ0v) is 8.17. The lowest BCUT2D eigenvalue weighted by Gasteiger charge is -2.10. The Labute approximate surface area is 86.0 Å². The number of carbonyl (C=O) groups is 1. The fourth-order valence-corrected chi connectivity index (χ4v) is 1.10. The van der Waals surface area contributed by atoms with Gasteiger partial charge in [0.1, 0.15) is 12.4 Å². The molecule has 5 heteroatoms. The van der Waals surface area contributed by atoms with E-state index < -0.39 is 13.0 Å². The first-order chi connectivity index (χ1) is 7.13. The van der Waals surface area contributed by atoms with E-state index in [1.807, 2.05) is 6.92 Å².